The molecule has 1 aliphatic heterocycles. The van der Waals surface area contributed by atoms with Crippen LogP contribution in [0, 0.1) is 17.4 Å². The van der Waals surface area contributed by atoms with E-state index >= 15 is 0 Å². The zero-order valence-electron chi connectivity index (χ0n) is 22.5. The second-order valence-electron chi connectivity index (χ2n) is 11.8. The lowest BCUT2D eigenvalue weighted by molar-refractivity contribution is -0.160. The average Bonchev–Trinajstić information content (AvgIpc) is 2.81. The summed E-state index contributed by atoms with van der Waals surface area (Å²) in [6.07, 6.45) is 4.00. The van der Waals surface area contributed by atoms with Crippen LogP contribution in [0.4, 0.5) is 0 Å². The maximum Gasteiger partial charge on any atom is 0.338 e. The second-order valence-corrected chi connectivity index (χ2v) is 21.2. The number of carbonyl (C=O) groups excluding carboxylic acids is 1. The molecule has 33 heavy (non-hydrogen) atoms. The summed E-state index contributed by atoms with van der Waals surface area (Å²) in [6, 6.07) is 2.80. The Balaban J connectivity index is 2.70. The monoisotopic (exact) mass is 490 g/mol. The smallest absolute Gasteiger partial charge is 0.338 e. The molecule has 1 N–H and O–H groups in total. The van der Waals surface area contributed by atoms with Crippen molar-refractivity contribution in [3.63, 3.8) is 0 Å². The van der Waals surface area contributed by atoms with Gasteiger partial charge in [0.05, 0.1) is 0 Å². The fourth-order valence-corrected chi connectivity index (χ4v) is 8.81. The molecule has 0 aromatic rings. The topological polar surface area (TPSA) is 55.8 Å². The van der Waals surface area contributed by atoms with E-state index in [1.165, 1.54) is 0 Å². The molecular formula is C27H46O4Si2. The Kier molecular flexibility index (Phi) is 8.39. The fourth-order valence-electron chi connectivity index (χ4n) is 5.29. The van der Waals surface area contributed by atoms with E-state index in [9.17, 15) is 9.90 Å². The summed E-state index contributed by atoms with van der Waals surface area (Å²) in [5.41, 5.74) is 2.12. The van der Waals surface area contributed by atoms with E-state index in [4.69, 9.17) is 9.16 Å². The molecule has 6 heteroatoms. The first-order valence-corrected chi connectivity index (χ1v) is 18.7. The molecular weight excluding hydrogens is 444 g/mol. The van der Waals surface area contributed by atoms with Crippen molar-refractivity contribution >= 4 is 22.4 Å². The highest BCUT2D eigenvalue weighted by Gasteiger charge is 2.66. The van der Waals surface area contributed by atoms with E-state index in [1.54, 1.807) is 0 Å². The summed E-state index contributed by atoms with van der Waals surface area (Å²) >= 11 is 0. The van der Waals surface area contributed by atoms with Crippen molar-refractivity contribution < 1.29 is 19.1 Å². The Labute approximate surface area is 204 Å². The van der Waals surface area contributed by atoms with Gasteiger partial charge in [-0.25, -0.2) is 4.79 Å². The molecule has 4 nitrogen and oxygen atoms in total. The lowest BCUT2D eigenvalue weighted by atomic mass is 9.73. The van der Waals surface area contributed by atoms with E-state index in [1.807, 2.05) is 20.8 Å². The van der Waals surface area contributed by atoms with Crippen LogP contribution in [-0.2, 0) is 14.0 Å². The van der Waals surface area contributed by atoms with Crippen LogP contribution >= 0.6 is 0 Å². The number of esters is 1. The molecule has 0 amide bonds. The Morgan fingerprint density at radius 3 is 2.30 bits per heavy atom. The molecule has 1 saturated heterocycles. The van der Waals surface area contributed by atoms with Crippen LogP contribution in [0.3, 0.4) is 0 Å². The SMILES string of the molecule is C=C(C)CC[C@]1(O)C[C@]2(O[Si](CC)(CC)CC)C(=O)OC(C)(C)[C@@H]2CC=C1C#C[Si](C)(C)C. The molecule has 2 rings (SSSR count). The Morgan fingerprint density at radius 2 is 1.82 bits per heavy atom. The first-order valence-electron chi connectivity index (χ1n) is 12.6. The van der Waals surface area contributed by atoms with E-state index < -0.39 is 33.2 Å². The van der Waals surface area contributed by atoms with Crippen molar-refractivity contribution in [2.45, 2.75) is 122 Å². The minimum Gasteiger partial charge on any atom is -0.457 e. The third kappa shape index (κ3) is 5.93. The summed E-state index contributed by atoms with van der Waals surface area (Å²) in [7, 11) is -3.84. The Hall–Kier alpha value is -1.14. The maximum atomic E-state index is 13.7. The van der Waals surface area contributed by atoms with Gasteiger partial charge in [0.15, 0.2) is 13.9 Å². The number of aliphatic hydroxyl groups is 1. The van der Waals surface area contributed by atoms with Gasteiger partial charge >= 0.3 is 5.97 Å². The molecule has 0 aromatic carbocycles. The standard InChI is InChI=1S/C27H46O4Si2/c1-11-33(12-2,13-3)31-27-20-26(29,18-16-21(4)5)22(17-19-32(8,9)10)14-15-23(27)25(6,7)30-24(27)28/h14,23,29H,4,11-13,15-16,18,20H2,1-3,5-10H3/t23-,26-,27+/m0/s1. The van der Waals surface area contributed by atoms with Gasteiger partial charge in [-0.15, -0.1) is 12.1 Å². The van der Waals surface area contributed by atoms with Crippen LogP contribution < -0.4 is 0 Å². The quantitative estimate of drug-likeness (QED) is 0.185. The lowest BCUT2D eigenvalue weighted by Gasteiger charge is -2.44. The van der Waals surface area contributed by atoms with Gasteiger partial charge < -0.3 is 14.3 Å². The van der Waals surface area contributed by atoms with Crippen LogP contribution in [0.15, 0.2) is 23.8 Å². The number of allylic oxidation sites excluding steroid dienone is 2. The number of fused-ring (bicyclic) bond motifs is 1. The number of cyclic esters (lactones) is 1. The van der Waals surface area contributed by atoms with Crippen molar-refractivity contribution in [1.82, 2.24) is 0 Å². The van der Waals surface area contributed by atoms with E-state index in [-0.39, 0.29) is 18.3 Å². The molecule has 0 unspecified atom stereocenters. The lowest BCUT2D eigenvalue weighted by Crippen LogP contribution is -2.57. The molecule has 1 aliphatic carbocycles. The molecule has 0 bridgehead atoms. The molecule has 3 atom stereocenters. The Bertz CT molecular complexity index is 845. The van der Waals surface area contributed by atoms with Crippen molar-refractivity contribution in [2.75, 3.05) is 0 Å². The molecule has 186 valence electrons. The van der Waals surface area contributed by atoms with Gasteiger partial charge in [0.1, 0.15) is 19.3 Å². The largest absolute Gasteiger partial charge is 0.457 e. The minimum absolute atomic E-state index is 0.170. The zero-order chi connectivity index (χ0) is 25.3. The van der Waals surface area contributed by atoms with Crippen molar-refractivity contribution in [3.8, 4) is 11.5 Å². The average molecular weight is 491 g/mol. The molecule has 0 aromatic heterocycles. The fraction of sp³-hybridized carbons (Fsp3) is 0.741. The van der Waals surface area contributed by atoms with Gasteiger partial charge in [0.2, 0.25) is 0 Å². The summed E-state index contributed by atoms with van der Waals surface area (Å²) in [5.74, 6) is 2.88. The number of rotatable bonds is 8. The second kappa shape index (κ2) is 9.85. The third-order valence-corrected chi connectivity index (χ3v) is 13.1. The van der Waals surface area contributed by atoms with E-state index in [2.05, 4.69) is 64.5 Å². The van der Waals surface area contributed by atoms with Crippen LogP contribution in [0.1, 0.15) is 67.2 Å². The number of hydrogen-bond acceptors (Lipinski definition) is 4. The molecule has 0 radical (unpaired) electrons. The number of carbonyl (C=O) groups is 1. The molecule has 2 aliphatic rings. The van der Waals surface area contributed by atoms with Crippen LogP contribution in [0.25, 0.3) is 0 Å². The summed E-state index contributed by atoms with van der Waals surface area (Å²) in [6.45, 7) is 23.1. The van der Waals surface area contributed by atoms with Gasteiger partial charge in [-0.1, -0.05) is 58.0 Å². The minimum atomic E-state index is -2.19. The van der Waals surface area contributed by atoms with Gasteiger partial charge in [0, 0.05) is 17.9 Å². The molecule has 0 saturated carbocycles. The van der Waals surface area contributed by atoms with Crippen LogP contribution in [-0.4, -0.2) is 44.3 Å². The molecule has 1 heterocycles. The van der Waals surface area contributed by atoms with Gasteiger partial charge in [0.25, 0.3) is 0 Å². The summed E-state index contributed by atoms with van der Waals surface area (Å²) in [4.78, 5) is 13.7. The first kappa shape index (κ1) is 28.1. The summed E-state index contributed by atoms with van der Waals surface area (Å²) in [5, 5.41) is 12.2. The normalized spacial score (nSPS) is 29.3. The van der Waals surface area contributed by atoms with Crippen molar-refractivity contribution in [1.29, 1.82) is 0 Å². The highest BCUT2D eigenvalue weighted by atomic mass is 28.4. The summed E-state index contributed by atoms with van der Waals surface area (Å²) < 4.78 is 13.0. The van der Waals surface area contributed by atoms with Crippen LogP contribution in [0.5, 0.6) is 0 Å². The van der Waals surface area contributed by atoms with E-state index in [0.717, 1.165) is 29.3 Å². The van der Waals surface area contributed by atoms with Crippen molar-refractivity contribution in [2.24, 2.45) is 5.92 Å². The van der Waals surface area contributed by atoms with Crippen LogP contribution in [0.2, 0.25) is 37.8 Å². The first-order chi connectivity index (χ1) is 15.1. The zero-order valence-corrected chi connectivity index (χ0v) is 24.5. The number of hydrogen-bond donors (Lipinski definition) is 1. The predicted molar refractivity (Wildman–Crippen MR) is 142 cm³/mol. The predicted octanol–water partition coefficient (Wildman–Crippen LogP) is 6.39. The maximum absolute atomic E-state index is 13.7. The molecule has 0 spiro atoms. The highest BCUT2D eigenvalue weighted by Crippen LogP contribution is 2.54. The van der Waals surface area contributed by atoms with Gasteiger partial charge in [-0.05, 0) is 58.2 Å². The highest BCUT2D eigenvalue weighted by molar-refractivity contribution is 6.83. The van der Waals surface area contributed by atoms with Gasteiger partial charge in [-0.3, -0.25) is 0 Å². The number of ether oxygens (including phenoxy) is 1. The van der Waals surface area contributed by atoms with E-state index in [0.29, 0.717) is 19.3 Å². The van der Waals surface area contributed by atoms with Gasteiger partial charge in [-0.2, -0.15) is 0 Å². The third-order valence-electron chi connectivity index (χ3n) is 7.59. The Morgan fingerprint density at radius 1 is 1.24 bits per heavy atom. The molecule has 1 fully saturated rings. The van der Waals surface area contributed by atoms with Crippen molar-refractivity contribution in [3.05, 3.63) is 23.8 Å².